The number of carbonyl (C=O) groups excluding carboxylic acids is 1. The molecule has 1 aromatic rings. The number of likely N-dealkylation sites (N-methyl/N-ethyl adjacent to an activating group) is 1. The molecule has 1 heterocycles. The maximum atomic E-state index is 11.8. The summed E-state index contributed by atoms with van der Waals surface area (Å²) in [5.74, 6) is -0.290. The molecule has 0 aliphatic rings. The molecule has 18 heavy (non-hydrogen) atoms. The maximum Gasteiger partial charge on any atom is 0.269 e. The van der Waals surface area contributed by atoms with E-state index in [0.717, 1.165) is 4.47 Å². The molecule has 0 saturated heterocycles. The van der Waals surface area contributed by atoms with Gasteiger partial charge >= 0.3 is 0 Å². The minimum absolute atomic E-state index is 0.182. The largest absolute Gasteiger partial charge is 0.387 e. The van der Waals surface area contributed by atoms with Crippen molar-refractivity contribution in [1.82, 2.24) is 15.2 Å². The standard InChI is InChI=1S/C12H18BrN3O2/c1-12(18,8-16(2)3)7-15-11(17)10-5-4-9(13)6-14-10/h4-6,18H,7-8H2,1-3H3,(H,15,17). The average Bonchev–Trinajstić information content (AvgIpc) is 2.25. The number of halogens is 1. The molecule has 0 saturated carbocycles. The number of aromatic nitrogens is 1. The van der Waals surface area contributed by atoms with E-state index in [9.17, 15) is 9.90 Å². The van der Waals surface area contributed by atoms with E-state index in [-0.39, 0.29) is 12.5 Å². The van der Waals surface area contributed by atoms with Crippen molar-refractivity contribution in [2.45, 2.75) is 12.5 Å². The molecule has 0 aliphatic heterocycles. The summed E-state index contributed by atoms with van der Waals surface area (Å²) in [6.45, 7) is 2.34. The van der Waals surface area contributed by atoms with Crippen molar-refractivity contribution in [2.24, 2.45) is 0 Å². The van der Waals surface area contributed by atoms with Gasteiger partial charge in [-0.1, -0.05) is 0 Å². The third kappa shape index (κ3) is 5.12. The molecule has 0 bridgehead atoms. The Morgan fingerprint density at radius 3 is 2.72 bits per heavy atom. The van der Waals surface area contributed by atoms with Gasteiger partial charge in [-0.2, -0.15) is 0 Å². The summed E-state index contributed by atoms with van der Waals surface area (Å²) in [6.07, 6.45) is 1.56. The van der Waals surface area contributed by atoms with Gasteiger partial charge in [0.05, 0.1) is 5.60 Å². The Labute approximate surface area is 115 Å². The van der Waals surface area contributed by atoms with Crippen LogP contribution >= 0.6 is 15.9 Å². The number of rotatable bonds is 5. The van der Waals surface area contributed by atoms with Gasteiger partial charge in [0, 0.05) is 23.8 Å². The summed E-state index contributed by atoms with van der Waals surface area (Å²) in [6, 6.07) is 3.37. The number of carbonyl (C=O) groups is 1. The zero-order valence-corrected chi connectivity index (χ0v) is 12.4. The predicted molar refractivity (Wildman–Crippen MR) is 73.4 cm³/mol. The summed E-state index contributed by atoms with van der Waals surface area (Å²) in [5.41, 5.74) is -0.631. The topological polar surface area (TPSA) is 65.5 Å². The first-order valence-electron chi connectivity index (χ1n) is 5.57. The van der Waals surface area contributed by atoms with Crippen LogP contribution in [0.25, 0.3) is 0 Å². The molecular weight excluding hydrogens is 298 g/mol. The number of amides is 1. The normalized spacial score (nSPS) is 14.3. The highest BCUT2D eigenvalue weighted by atomic mass is 79.9. The van der Waals surface area contributed by atoms with Crippen LogP contribution in [0.15, 0.2) is 22.8 Å². The van der Waals surface area contributed by atoms with Gasteiger partial charge in [0.25, 0.3) is 5.91 Å². The molecule has 0 fully saturated rings. The lowest BCUT2D eigenvalue weighted by atomic mass is 10.1. The molecule has 100 valence electrons. The number of pyridine rings is 1. The van der Waals surface area contributed by atoms with Crippen LogP contribution in [0.3, 0.4) is 0 Å². The third-order valence-electron chi connectivity index (χ3n) is 2.25. The van der Waals surface area contributed by atoms with Gasteiger partial charge < -0.3 is 15.3 Å². The van der Waals surface area contributed by atoms with Gasteiger partial charge in [-0.15, -0.1) is 0 Å². The van der Waals surface area contributed by atoms with Gasteiger partial charge in [0.2, 0.25) is 0 Å². The van der Waals surface area contributed by atoms with Crippen molar-refractivity contribution in [1.29, 1.82) is 0 Å². The Balaban J connectivity index is 2.53. The van der Waals surface area contributed by atoms with E-state index in [2.05, 4.69) is 26.2 Å². The SMILES string of the molecule is CN(C)CC(C)(O)CNC(=O)c1ccc(Br)cn1. The van der Waals surface area contributed by atoms with Crippen molar-refractivity contribution in [2.75, 3.05) is 27.2 Å². The van der Waals surface area contributed by atoms with E-state index < -0.39 is 5.60 Å². The minimum Gasteiger partial charge on any atom is -0.387 e. The number of hydrogen-bond acceptors (Lipinski definition) is 4. The summed E-state index contributed by atoms with van der Waals surface area (Å²) in [4.78, 5) is 17.6. The van der Waals surface area contributed by atoms with Gasteiger partial charge in [-0.25, -0.2) is 4.98 Å². The molecule has 1 amide bonds. The second-order valence-corrected chi connectivity index (χ2v) is 5.69. The molecule has 1 aromatic heterocycles. The summed E-state index contributed by atoms with van der Waals surface area (Å²) in [5, 5.41) is 12.7. The van der Waals surface area contributed by atoms with Crippen LogP contribution in [0.5, 0.6) is 0 Å². The van der Waals surface area contributed by atoms with E-state index in [1.165, 1.54) is 0 Å². The van der Waals surface area contributed by atoms with Gasteiger partial charge in [0.15, 0.2) is 0 Å². The van der Waals surface area contributed by atoms with Crippen LogP contribution in [0, 0.1) is 0 Å². The van der Waals surface area contributed by atoms with E-state index in [1.54, 1.807) is 25.3 Å². The second-order valence-electron chi connectivity index (χ2n) is 4.78. The van der Waals surface area contributed by atoms with Crippen molar-refractivity contribution >= 4 is 21.8 Å². The van der Waals surface area contributed by atoms with Crippen LogP contribution in [-0.2, 0) is 0 Å². The summed E-state index contributed by atoms with van der Waals surface area (Å²) in [7, 11) is 3.74. The van der Waals surface area contributed by atoms with Crippen LogP contribution in [0.1, 0.15) is 17.4 Å². The monoisotopic (exact) mass is 315 g/mol. The molecule has 2 N–H and O–H groups in total. The Morgan fingerprint density at radius 1 is 1.56 bits per heavy atom. The first kappa shape index (κ1) is 15.1. The number of nitrogens with one attached hydrogen (secondary N) is 1. The Kier molecular flexibility index (Phi) is 5.25. The van der Waals surface area contributed by atoms with E-state index in [0.29, 0.717) is 12.2 Å². The Morgan fingerprint density at radius 2 is 2.22 bits per heavy atom. The minimum atomic E-state index is -0.964. The highest BCUT2D eigenvalue weighted by molar-refractivity contribution is 9.10. The molecule has 1 unspecified atom stereocenters. The zero-order valence-electron chi connectivity index (χ0n) is 10.8. The van der Waals surface area contributed by atoms with Gasteiger partial charge in [-0.05, 0) is 49.1 Å². The molecule has 6 heteroatoms. The number of nitrogens with zero attached hydrogens (tertiary/aromatic N) is 2. The van der Waals surface area contributed by atoms with Crippen molar-refractivity contribution < 1.29 is 9.90 Å². The summed E-state index contributed by atoms with van der Waals surface area (Å²) >= 11 is 3.25. The lowest BCUT2D eigenvalue weighted by Crippen LogP contribution is -2.47. The van der Waals surface area contributed by atoms with E-state index in [4.69, 9.17) is 0 Å². The fourth-order valence-corrected chi connectivity index (χ4v) is 1.84. The Bertz CT molecular complexity index is 404. The Hall–Kier alpha value is -0.980. The highest BCUT2D eigenvalue weighted by Gasteiger charge is 2.22. The van der Waals surface area contributed by atoms with Crippen molar-refractivity contribution in [3.8, 4) is 0 Å². The molecule has 1 atom stereocenters. The molecule has 0 aliphatic carbocycles. The molecule has 0 radical (unpaired) electrons. The number of aliphatic hydroxyl groups is 1. The van der Waals surface area contributed by atoms with Crippen LogP contribution in [0.2, 0.25) is 0 Å². The smallest absolute Gasteiger partial charge is 0.269 e. The van der Waals surface area contributed by atoms with Crippen LogP contribution in [-0.4, -0.2) is 53.7 Å². The molecule has 0 spiro atoms. The quantitative estimate of drug-likeness (QED) is 0.847. The van der Waals surface area contributed by atoms with E-state index in [1.807, 2.05) is 19.0 Å². The average molecular weight is 316 g/mol. The molecule has 5 nitrogen and oxygen atoms in total. The first-order valence-corrected chi connectivity index (χ1v) is 6.36. The fraction of sp³-hybridized carbons (Fsp3) is 0.500. The predicted octanol–water partition coefficient (Wildman–Crippen LogP) is 0.886. The van der Waals surface area contributed by atoms with Gasteiger partial charge in [0.1, 0.15) is 5.69 Å². The summed E-state index contributed by atoms with van der Waals surface area (Å²) < 4.78 is 0.818. The van der Waals surface area contributed by atoms with Crippen LogP contribution < -0.4 is 5.32 Å². The molecule has 0 aromatic carbocycles. The highest BCUT2D eigenvalue weighted by Crippen LogP contribution is 2.08. The zero-order chi connectivity index (χ0) is 13.8. The molecular formula is C12H18BrN3O2. The number of hydrogen-bond donors (Lipinski definition) is 2. The van der Waals surface area contributed by atoms with Crippen LogP contribution in [0.4, 0.5) is 0 Å². The molecule has 1 rings (SSSR count). The second kappa shape index (κ2) is 6.26. The van der Waals surface area contributed by atoms with Crippen molar-refractivity contribution in [3.63, 3.8) is 0 Å². The fourth-order valence-electron chi connectivity index (χ4n) is 1.61. The van der Waals surface area contributed by atoms with Gasteiger partial charge in [-0.3, -0.25) is 4.79 Å². The first-order chi connectivity index (χ1) is 8.30. The lowest BCUT2D eigenvalue weighted by molar-refractivity contribution is 0.0325. The lowest BCUT2D eigenvalue weighted by Gasteiger charge is -2.26. The van der Waals surface area contributed by atoms with E-state index >= 15 is 0 Å². The third-order valence-corrected chi connectivity index (χ3v) is 2.72. The maximum absolute atomic E-state index is 11.8. The van der Waals surface area contributed by atoms with Crippen molar-refractivity contribution in [3.05, 3.63) is 28.5 Å².